The second kappa shape index (κ2) is 8.00. The monoisotopic (exact) mass is 429 g/mol. The molecule has 30 heavy (non-hydrogen) atoms. The lowest BCUT2D eigenvalue weighted by atomic mass is 10.1. The van der Waals surface area contributed by atoms with Gasteiger partial charge in [-0.1, -0.05) is 6.07 Å². The van der Waals surface area contributed by atoms with Crippen LogP contribution >= 0.6 is 12.2 Å². The molecule has 0 aliphatic carbocycles. The summed E-state index contributed by atoms with van der Waals surface area (Å²) in [6.07, 6.45) is 1.48. The summed E-state index contributed by atoms with van der Waals surface area (Å²) in [4.78, 5) is 19.2. The first-order chi connectivity index (χ1) is 14.3. The van der Waals surface area contributed by atoms with Crippen molar-refractivity contribution in [2.24, 2.45) is 7.05 Å². The molecule has 0 atom stereocenters. The summed E-state index contributed by atoms with van der Waals surface area (Å²) in [6.45, 7) is 7.36. The van der Waals surface area contributed by atoms with E-state index in [1.165, 1.54) is 17.5 Å². The second-order valence-corrected chi connectivity index (χ2v) is 7.83. The third kappa shape index (κ3) is 3.85. The average molecular weight is 430 g/mol. The van der Waals surface area contributed by atoms with Gasteiger partial charge in [0.1, 0.15) is 0 Å². The summed E-state index contributed by atoms with van der Waals surface area (Å²) in [5.41, 5.74) is 3.28. The molecule has 1 aromatic carbocycles. The van der Waals surface area contributed by atoms with E-state index in [4.69, 9.17) is 16.6 Å². The summed E-state index contributed by atoms with van der Waals surface area (Å²) in [7, 11) is 1.77. The molecule has 1 saturated heterocycles. The van der Waals surface area contributed by atoms with Gasteiger partial charge in [0.2, 0.25) is 18.0 Å². The Bertz CT molecular complexity index is 1140. The van der Waals surface area contributed by atoms with Crippen molar-refractivity contribution in [2.75, 3.05) is 31.1 Å². The van der Waals surface area contributed by atoms with Gasteiger partial charge < -0.3 is 19.4 Å². The van der Waals surface area contributed by atoms with Gasteiger partial charge in [-0.05, 0) is 59.2 Å². The molecular weight excluding hydrogens is 406 g/mol. The van der Waals surface area contributed by atoms with E-state index < -0.39 is 4.92 Å². The first kappa shape index (κ1) is 20.2. The van der Waals surface area contributed by atoms with Crippen molar-refractivity contribution in [2.45, 2.75) is 20.5 Å². The molecule has 0 bridgehead atoms. The quantitative estimate of drug-likeness (QED) is 0.347. The minimum Gasteiger partial charge on any atom is -0.409 e. The van der Waals surface area contributed by atoms with Crippen LogP contribution in [0.4, 0.5) is 11.6 Å². The highest BCUT2D eigenvalue weighted by atomic mass is 32.1. The van der Waals surface area contributed by atoms with Crippen LogP contribution in [0.25, 0.3) is 11.5 Å². The highest BCUT2D eigenvalue weighted by molar-refractivity contribution is 7.71. The zero-order valence-corrected chi connectivity index (χ0v) is 17.9. The zero-order valence-electron chi connectivity index (χ0n) is 17.1. The molecule has 1 aliphatic heterocycles. The summed E-state index contributed by atoms with van der Waals surface area (Å²) in [6, 6.07) is 6.06. The number of nitrogens with zero attached hydrogens (tertiary/aromatic N) is 7. The van der Waals surface area contributed by atoms with Crippen LogP contribution in [0.1, 0.15) is 11.1 Å². The molecule has 2 aromatic heterocycles. The number of imidazole rings is 1. The van der Waals surface area contributed by atoms with Crippen LogP contribution in [0.5, 0.6) is 0 Å². The summed E-state index contributed by atoms with van der Waals surface area (Å²) < 4.78 is 9.09. The standard InChI is InChI=1S/C19H23N7O3S/c1-13-4-5-15(10-14(13)2)17-21-25(19(30)29-17)12-23-6-8-24(9-7-23)18-16(26(27)28)20-11-22(18)3/h4-5,10-11H,6-9,12H2,1-3H3. The predicted octanol–water partition coefficient (Wildman–Crippen LogP) is 2.91. The van der Waals surface area contributed by atoms with Gasteiger partial charge in [-0.25, -0.2) is 4.68 Å². The van der Waals surface area contributed by atoms with E-state index in [-0.39, 0.29) is 5.82 Å². The van der Waals surface area contributed by atoms with E-state index >= 15 is 0 Å². The molecule has 0 N–H and O–H groups in total. The number of nitro groups is 1. The topological polar surface area (TPSA) is 98.4 Å². The molecule has 1 fully saturated rings. The summed E-state index contributed by atoms with van der Waals surface area (Å²) >= 11 is 5.36. The smallest absolute Gasteiger partial charge is 0.406 e. The Kier molecular flexibility index (Phi) is 5.39. The fourth-order valence-corrected chi connectivity index (χ4v) is 3.76. The van der Waals surface area contributed by atoms with Crippen LogP contribution in [0.15, 0.2) is 28.9 Å². The molecule has 10 nitrogen and oxygen atoms in total. The maximum atomic E-state index is 11.2. The van der Waals surface area contributed by atoms with Gasteiger partial charge in [0.15, 0.2) is 0 Å². The number of aryl methyl sites for hydroxylation is 3. The summed E-state index contributed by atoms with van der Waals surface area (Å²) in [5.74, 6) is 0.935. The Morgan fingerprint density at radius 2 is 1.93 bits per heavy atom. The van der Waals surface area contributed by atoms with Gasteiger partial charge in [-0.2, -0.15) is 0 Å². The molecule has 4 rings (SSSR count). The lowest BCUT2D eigenvalue weighted by molar-refractivity contribution is -0.388. The number of rotatable bonds is 5. The van der Waals surface area contributed by atoms with Crippen LogP contribution in [-0.4, -0.2) is 55.3 Å². The number of benzene rings is 1. The lowest BCUT2D eigenvalue weighted by Gasteiger charge is -2.34. The van der Waals surface area contributed by atoms with E-state index in [1.54, 1.807) is 16.3 Å². The molecule has 0 amide bonds. The second-order valence-electron chi connectivity index (χ2n) is 7.48. The minimum absolute atomic E-state index is 0.109. The van der Waals surface area contributed by atoms with E-state index in [1.807, 2.05) is 23.1 Å². The molecule has 3 aromatic rings. The van der Waals surface area contributed by atoms with Crippen LogP contribution in [0.2, 0.25) is 0 Å². The molecular formula is C19H23N7O3S. The van der Waals surface area contributed by atoms with Crippen molar-refractivity contribution >= 4 is 23.9 Å². The van der Waals surface area contributed by atoms with Crippen molar-refractivity contribution < 1.29 is 9.34 Å². The van der Waals surface area contributed by atoms with Crippen molar-refractivity contribution in [3.63, 3.8) is 0 Å². The number of piperazine rings is 1. The van der Waals surface area contributed by atoms with E-state index in [0.29, 0.717) is 36.3 Å². The normalized spacial score (nSPS) is 15.0. The third-order valence-corrected chi connectivity index (χ3v) is 5.72. The number of hydrogen-bond acceptors (Lipinski definition) is 8. The first-order valence-electron chi connectivity index (χ1n) is 9.62. The minimum atomic E-state index is -0.440. The fraction of sp³-hybridized carbons (Fsp3) is 0.421. The van der Waals surface area contributed by atoms with Crippen LogP contribution in [-0.2, 0) is 13.7 Å². The predicted molar refractivity (Wildman–Crippen MR) is 114 cm³/mol. The molecule has 3 heterocycles. The number of aromatic nitrogens is 4. The lowest BCUT2D eigenvalue weighted by Crippen LogP contribution is -2.47. The van der Waals surface area contributed by atoms with Crippen LogP contribution < -0.4 is 4.90 Å². The summed E-state index contributed by atoms with van der Waals surface area (Å²) in [5, 5.41) is 15.8. The molecule has 0 radical (unpaired) electrons. The first-order valence-corrected chi connectivity index (χ1v) is 10.0. The van der Waals surface area contributed by atoms with Crippen molar-refractivity contribution in [1.82, 2.24) is 24.2 Å². The fourth-order valence-electron chi connectivity index (χ4n) is 3.58. The molecule has 11 heteroatoms. The van der Waals surface area contributed by atoms with Crippen LogP contribution in [0.3, 0.4) is 0 Å². The molecule has 0 saturated carbocycles. The van der Waals surface area contributed by atoms with Crippen molar-refractivity contribution in [3.05, 3.63) is 50.6 Å². The highest BCUT2D eigenvalue weighted by Gasteiger charge is 2.28. The Hall–Kier alpha value is -3.05. The van der Waals surface area contributed by atoms with Gasteiger partial charge in [-0.3, -0.25) is 9.47 Å². The third-order valence-electron chi connectivity index (χ3n) is 5.43. The zero-order chi connectivity index (χ0) is 21.4. The Labute approximate surface area is 178 Å². The highest BCUT2D eigenvalue weighted by Crippen LogP contribution is 2.27. The van der Waals surface area contributed by atoms with Gasteiger partial charge in [0.05, 0.1) is 6.67 Å². The van der Waals surface area contributed by atoms with E-state index in [9.17, 15) is 10.1 Å². The van der Waals surface area contributed by atoms with Gasteiger partial charge in [-0.15, -0.1) is 5.10 Å². The SMILES string of the molecule is Cc1ccc(-c2nn(CN3CCN(c4c([N+](=O)[O-])ncn4C)CC3)c(=S)o2)cc1C. The molecule has 158 valence electrons. The maximum absolute atomic E-state index is 11.2. The number of hydrogen-bond donors (Lipinski definition) is 0. The van der Waals surface area contributed by atoms with Crippen molar-refractivity contribution in [3.8, 4) is 11.5 Å². The molecule has 1 aliphatic rings. The van der Waals surface area contributed by atoms with Crippen LogP contribution in [0, 0.1) is 28.8 Å². The molecule has 0 spiro atoms. The van der Waals surface area contributed by atoms with Gasteiger partial charge in [0.25, 0.3) is 4.84 Å². The molecule has 0 unspecified atom stereocenters. The van der Waals surface area contributed by atoms with Crippen molar-refractivity contribution in [1.29, 1.82) is 0 Å². The average Bonchev–Trinajstić information content (AvgIpc) is 3.28. The number of anilines is 1. The maximum Gasteiger partial charge on any atom is 0.406 e. The largest absolute Gasteiger partial charge is 0.409 e. The van der Waals surface area contributed by atoms with Gasteiger partial charge in [0, 0.05) is 38.8 Å². The van der Waals surface area contributed by atoms with Gasteiger partial charge >= 0.3 is 5.82 Å². The Balaban J connectivity index is 1.44. The van der Waals surface area contributed by atoms with E-state index in [2.05, 4.69) is 28.8 Å². The Morgan fingerprint density at radius 1 is 1.20 bits per heavy atom. The van der Waals surface area contributed by atoms with E-state index in [0.717, 1.165) is 18.7 Å². The Morgan fingerprint density at radius 3 is 2.60 bits per heavy atom.